The number of benzene rings is 2. The molecule has 2 rings (SSSR count). The molecule has 0 bridgehead atoms. The molecule has 4 heteroatoms. The summed E-state index contributed by atoms with van der Waals surface area (Å²) in [6, 6.07) is 12.5. The second-order valence-electron chi connectivity index (χ2n) is 4.57. The van der Waals surface area contributed by atoms with Gasteiger partial charge in [0.2, 0.25) is 5.91 Å². The molecule has 0 atom stereocenters. The largest absolute Gasteiger partial charge is 0.504 e. The second-order valence-corrected chi connectivity index (χ2v) is 4.57. The number of amides is 1. The van der Waals surface area contributed by atoms with E-state index < -0.39 is 0 Å². The summed E-state index contributed by atoms with van der Waals surface area (Å²) < 4.78 is 4.96. The number of aromatic hydroxyl groups is 1. The Balaban J connectivity index is 2.05. The maximum absolute atomic E-state index is 11.9. The smallest absolute Gasteiger partial charge is 0.248 e. The van der Waals surface area contributed by atoms with Gasteiger partial charge in [0.15, 0.2) is 11.5 Å². The van der Waals surface area contributed by atoms with Crippen molar-refractivity contribution in [1.29, 1.82) is 0 Å². The van der Waals surface area contributed by atoms with Crippen LogP contribution in [-0.2, 0) is 4.79 Å². The first-order chi connectivity index (χ1) is 10.1. The number of hydrogen-bond donors (Lipinski definition) is 2. The molecule has 2 aromatic rings. The van der Waals surface area contributed by atoms with Gasteiger partial charge in [-0.2, -0.15) is 0 Å². The number of hydrogen-bond acceptors (Lipinski definition) is 3. The maximum atomic E-state index is 11.9. The summed E-state index contributed by atoms with van der Waals surface area (Å²) in [6.45, 7) is 1.93. The van der Waals surface area contributed by atoms with Crippen LogP contribution in [0.5, 0.6) is 11.5 Å². The van der Waals surface area contributed by atoms with E-state index in [9.17, 15) is 9.90 Å². The van der Waals surface area contributed by atoms with E-state index in [1.54, 1.807) is 18.2 Å². The van der Waals surface area contributed by atoms with Gasteiger partial charge in [-0.05, 0) is 42.3 Å². The number of nitrogens with one attached hydrogen (secondary N) is 1. The minimum absolute atomic E-state index is 0.0407. The van der Waals surface area contributed by atoms with Crippen molar-refractivity contribution in [2.24, 2.45) is 0 Å². The summed E-state index contributed by atoms with van der Waals surface area (Å²) in [5, 5.41) is 12.5. The van der Waals surface area contributed by atoms with E-state index in [0.717, 1.165) is 11.3 Å². The van der Waals surface area contributed by atoms with Crippen LogP contribution in [0.4, 0.5) is 5.69 Å². The highest BCUT2D eigenvalue weighted by atomic mass is 16.5. The molecule has 108 valence electrons. The Morgan fingerprint density at radius 3 is 2.67 bits per heavy atom. The summed E-state index contributed by atoms with van der Waals surface area (Å²) in [7, 11) is 1.49. The highest BCUT2D eigenvalue weighted by Gasteiger charge is 2.02. The van der Waals surface area contributed by atoms with E-state index in [0.29, 0.717) is 11.3 Å². The standard InChI is InChI=1S/C17H17NO3/c1-12-5-3-4-6-14(12)18-17(20)10-8-13-7-9-16(21-2)15(19)11-13/h3-11,19H,1-2H3,(H,18,20)/b10-8+. The van der Waals surface area contributed by atoms with Gasteiger partial charge in [-0.1, -0.05) is 24.3 Å². The zero-order valence-electron chi connectivity index (χ0n) is 12.0. The van der Waals surface area contributed by atoms with E-state index in [-0.39, 0.29) is 11.7 Å². The van der Waals surface area contributed by atoms with Gasteiger partial charge >= 0.3 is 0 Å². The molecule has 0 aliphatic carbocycles. The molecule has 1 amide bonds. The third-order valence-corrected chi connectivity index (χ3v) is 3.03. The molecule has 0 aromatic heterocycles. The fourth-order valence-corrected chi connectivity index (χ4v) is 1.87. The van der Waals surface area contributed by atoms with Crippen molar-refractivity contribution < 1.29 is 14.6 Å². The molecule has 0 spiro atoms. The normalized spacial score (nSPS) is 10.6. The number of carbonyl (C=O) groups is 1. The van der Waals surface area contributed by atoms with Gasteiger partial charge in [0, 0.05) is 11.8 Å². The molecule has 0 aliphatic heterocycles. The average Bonchev–Trinajstić information content (AvgIpc) is 2.48. The Bertz CT molecular complexity index is 677. The van der Waals surface area contributed by atoms with E-state index in [4.69, 9.17) is 4.74 Å². The molecule has 0 unspecified atom stereocenters. The number of ether oxygens (including phenoxy) is 1. The highest BCUT2D eigenvalue weighted by Crippen LogP contribution is 2.26. The fourth-order valence-electron chi connectivity index (χ4n) is 1.87. The molecule has 2 N–H and O–H groups in total. The molecule has 0 saturated heterocycles. The summed E-state index contributed by atoms with van der Waals surface area (Å²) >= 11 is 0. The molecule has 4 nitrogen and oxygen atoms in total. The first-order valence-corrected chi connectivity index (χ1v) is 6.52. The van der Waals surface area contributed by atoms with Crippen LogP contribution in [-0.4, -0.2) is 18.1 Å². The number of anilines is 1. The zero-order valence-corrected chi connectivity index (χ0v) is 12.0. The van der Waals surface area contributed by atoms with E-state index in [1.807, 2.05) is 31.2 Å². The monoisotopic (exact) mass is 283 g/mol. The zero-order chi connectivity index (χ0) is 15.2. The highest BCUT2D eigenvalue weighted by molar-refractivity contribution is 6.02. The van der Waals surface area contributed by atoms with Crippen LogP contribution in [0.25, 0.3) is 6.08 Å². The number of methoxy groups -OCH3 is 1. The average molecular weight is 283 g/mol. The van der Waals surface area contributed by atoms with Gasteiger partial charge < -0.3 is 15.2 Å². The third-order valence-electron chi connectivity index (χ3n) is 3.03. The lowest BCUT2D eigenvalue weighted by molar-refractivity contribution is -0.111. The maximum Gasteiger partial charge on any atom is 0.248 e. The number of carbonyl (C=O) groups excluding carboxylic acids is 1. The lowest BCUT2D eigenvalue weighted by Gasteiger charge is -2.05. The minimum atomic E-state index is -0.223. The first kappa shape index (κ1) is 14.7. The lowest BCUT2D eigenvalue weighted by Crippen LogP contribution is -2.08. The molecule has 0 fully saturated rings. The molecule has 0 radical (unpaired) electrons. The number of aryl methyl sites for hydroxylation is 1. The lowest BCUT2D eigenvalue weighted by atomic mass is 10.2. The summed E-state index contributed by atoms with van der Waals surface area (Å²) in [4.78, 5) is 11.9. The van der Waals surface area contributed by atoms with Crippen LogP contribution in [0.15, 0.2) is 48.5 Å². The second kappa shape index (κ2) is 6.61. The summed E-state index contributed by atoms with van der Waals surface area (Å²) in [6.07, 6.45) is 3.06. The predicted octanol–water partition coefficient (Wildman–Crippen LogP) is 3.36. The molecule has 2 aromatic carbocycles. The topological polar surface area (TPSA) is 58.6 Å². The molecule has 0 aliphatic rings. The van der Waals surface area contributed by atoms with E-state index >= 15 is 0 Å². The summed E-state index contributed by atoms with van der Waals surface area (Å²) in [5.41, 5.74) is 2.50. The van der Waals surface area contributed by atoms with Crippen LogP contribution >= 0.6 is 0 Å². The van der Waals surface area contributed by atoms with Crippen molar-refractivity contribution in [2.45, 2.75) is 6.92 Å². The predicted molar refractivity (Wildman–Crippen MR) is 83.5 cm³/mol. The van der Waals surface area contributed by atoms with Crippen LogP contribution in [0.3, 0.4) is 0 Å². The number of para-hydroxylation sites is 1. The van der Waals surface area contributed by atoms with Crippen LogP contribution in [0.2, 0.25) is 0 Å². The molecule has 0 saturated carbocycles. The molecule has 0 heterocycles. The van der Waals surface area contributed by atoms with Crippen molar-refractivity contribution in [2.75, 3.05) is 12.4 Å². The Morgan fingerprint density at radius 1 is 1.24 bits per heavy atom. The van der Waals surface area contributed by atoms with Crippen molar-refractivity contribution in [1.82, 2.24) is 0 Å². The summed E-state index contributed by atoms with van der Waals surface area (Å²) in [5.74, 6) is 0.218. The van der Waals surface area contributed by atoms with Gasteiger partial charge in [-0.15, -0.1) is 0 Å². The van der Waals surface area contributed by atoms with Crippen LogP contribution < -0.4 is 10.1 Å². The van der Waals surface area contributed by atoms with Gasteiger partial charge in [-0.3, -0.25) is 4.79 Å². The Hall–Kier alpha value is -2.75. The first-order valence-electron chi connectivity index (χ1n) is 6.52. The van der Waals surface area contributed by atoms with Crippen molar-refractivity contribution >= 4 is 17.7 Å². The third kappa shape index (κ3) is 3.86. The van der Waals surface area contributed by atoms with Crippen molar-refractivity contribution in [3.8, 4) is 11.5 Å². The van der Waals surface area contributed by atoms with Gasteiger partial charge in [0.05, 0.1) is 7.11 Å². The van der Waals surface area contributed by atoms with Crippen molar-refractivity contribution in [3.05, 3.63) is 59.7 Å². The number of rotatable bonds is 4. The Labute approximate surface area is 123 Å². The fraction of sp³-hybridized carbons (Fsp3) is 0.118. The SMILES string of the molecule is COc1ccc(/C=C/C(=O)Nc2ccccc2C)cc1O. The molecular formula is C17H17NO3. The van der Waals surface area contributed by atoms with Crippen LogP contribution in [0, 0.1) is 6.92 Å². The van der Waals surface area contributed by atoms with Crippen LogP contribution in [0.1, 0.15) is 11.1 Å². The molecular weight excluding hydrogens is 266 g/mol. The number of phenols is 1. The van der Waals surface area contributed by atoms with Crippen molar-refractivity contribution in [3.63, 3.8) is 0 Å². The quantitative estimate of drug-likeness (QED) is 0.846. The van der Waals surface area contributed by atoms with Gasteiger partial charge in [-0.25, -0.2) is 0 Å². The number of phenolic OH excluding ortho intramolecular Hbond substituents is 1. The van der Waals surface area contributed by atoms with Gasteiger partial charge in [0.25, 0.3) is 0 Å². The Morgan fingerprint density at radius 2 is 2.00 bits per heavy atom. The van der Waals surface area contributed by atoms with E-state index in [2.05, 4.69) is 5.32 Å². The molecule has 21 heavy (non-hydrogen) atoms. The van der Waals surface area contributed by atoms with Gasteiger partial charge in [0.1, 0.15) is 0 Å². The Kier molecular flexibility index (Phi) is 4.61. The minimum Gasteiger partial charge on any atom is -0.504 e. The van der Waals surface area contributed by atoms with E-state index in [1.165, 1.54) is 19.3 Å².